The van der Waals surface area contributed by atoms with Crippen LogP contribution in [-0.2, 0) is 14.3 Å². The fourth-order valence-corrected chi connectivity index (χ4v) is 2.05. The molecule has 0 unspecified atom stereocenters. The Hall–Kier alpha value is -2.12. The zero-order chi connectivity index (χ0) is 15.9. The van der Waals surface area contributed by atoms with Crippen LogP contribution in [-0.4, -0.2) is 68.0 Å². The normalized spacial score (nSPS) is 14.5. The first kappa shape index (κ1) is 16.3. The summed E-state index contributed by atoms with van der Waals surface area (Å²) < 4.78 is 15.5. The Bertz CT molecular complexity index is 527. The molecule has 1 aromatic rings. The summed E-state index contributed by atoms with van der Waals surface area (Å²) >= 11 is 0. The van der Waals surface area contributed by atoms with Crippen LogP contribution in [0.15, 0.2) is 24.3 Å². The lowest BCUT2D eigenvalue weighted by Gasteiger charge is -2.38. The highest BCUT2D eigenvalue weighted by Gasteiger charge is 2.31. The van der Waals surface area contributed by atoms with Crippen LogP contribution in [0.1, 0.15) is 10.4 Å². The number of hydrogen-bond donors (Lipinski definition) is 1. The predicted octanol–water partition coefficient (Wildman–Crippen LogP) is 0.637. The molecule has 0 bridgehead atoms. The molecule has 0 saturated carbocycles. The molecule has 2 rings (SSSR count). The lowest BCUT2D eigenvalue weighted by Crippen LogP contribution is -2.55. The van der Waals surface area contributed by atoms with Crippen LogP contribution in [0.5, 0.6) is 5.75 Å². The maximum absolute atomic E-state index is 12.3. The fourth-order valence-electron chi connectivity index (χ4n) is 2.05. The third-order valence-corrected chi connectivity index (χ3v) is 3.22. The molecule has 0 radical (unpaired) electrons. The van der Waals surface area contributed by atoms with Gasteiger partial charge in [-0.3, -0.25) is 4.79 Å². The minimum atomic E-state index is -1.06. The molecule has 1 heterocycles. The number of benzene rings is 1. The van der Waals surface area contributed by atoms with Crippen LogP contribution < -0.4 is 4.74 Å². The minimum absolute atomic E-state index is 0.0468. The van der Waals surface area contributed by atoms with Gasteiger partial charge in [0.25, 0.3) is 5.91 Å². The number of rotatable bonds is 8. The first-order valence-electron chi connectivity index (χ1n) is 6.94. The highest BCUT2D eigenvalue weighted by atomic mass is 16.5. The molecule has 0 atom stereocenters. The number of carboxylic acids is 1. The molecular weight excluding hydrogens is 290 g/mol. The Morgan fingerprint density at radius 3 is 2.77 bits per heavy atom. The van der Waals surface area contributed by atoms with Crippen molar-refractivity contribution in [2.24, 2.45) is 0 Å². The van der Waals surface area contributed by atoms with Gasteiger partial charge in [-0.2, -0.15) is 0 Å². The lowest BCUT2D eigenvalue weighted by atomic mass is 10.1. The van der Waals surface area contributed by atoms with Gasteiger partial charge in [0.05, 0.1) is 19.3 Å². The summed E-state index contributed by atoms with van der Waals surface area (Å²) in [6.45, 7) is 1.71. The van der Waals surface area contributed by atoms with E-state index >= 15 is 0 Å². The molecule has 0 spiro atoms. The van der Waals surface area contributed by atoms with E-state index in [1.54, 1.807) is 36.3 Å². The van der Waals surface area contributed by atoms with E-state index in [4.69, 9.17) is 19.3 Å². The van der Waals surface area contributed by atoms with E-state index in [2.05, 4.69) is 0 Å². The number of aliphatic carboxylic acids is 1. The van der Waals surface area contributed by atoms with E-state index in [-0.39, 0.29) is 12.0 Å². The monoisotopic (exact) mass is 309 g/mol. The molecular formula is C15H19NO6. The molecule has 1 aromatic carbocycles. The van der Waals surface area contributed by atoms with E-state index in [0.29, 0.717) is 37.6 Å². The largest absolute Gasteiger partial charge is 0.482 e. The summed E-state index contributed by atoms with van der Waals surface area (Å²) in [4.78, 5) is 24.4. The fraction of sp³-hybridized carbons (Fsp3) is 0.467. The third-order valence-electron chi connectivity index (χ3n) is 3.22. The van der Waals surface area contributed by atoms with E-state index in [1.165, 1.54) is 0 Å². The van der Waals surface area contributed by atoms with Gasteiger partial charge in [0, 0.05) is 25.8 Å². The van der Waals surface area contributed by atoms with Crippen molar-refractivity contribution < 1.29 is 28.9 Å². The third kappa shape index (κ3) is 4.44. The first-order valence-corrected chi connectivity index (χ1v) is 6.94. The van der Waals surface area contributed by atoms with Crippen molar-refractivity contribution in [2.75, 3.05) is 40.0 Å². The van der Waals surface area contributed by atoms with Crippen LogP contribution >= 0.6 is 0 Å². The highest BCUT2D eigenvalue weighted by molar-refractivity contribution is 5.95. The smallest absolute Gasteiger partial charge is 0.341 e. The average molecular weight is 309 g/mol. The van der Waals surface area contributed by atoms with Crippen molar-refractivity contribution in [2.45, 2.75) is 6.10 Å². The number of carbonyl (C=O) groups excluding carboxylic acids is 1. The van der Waals surface area contributed by atoms with Crippen LogP contribution in [0, 0.1) is 0 Å². The Morgan fingerprint density at radius 2 is 2.09 bits per heavy atom. The number of ether oxygens (including phenoxy) is 3. The van der Waals surface area contributed by atoms with Crippen LogP contribution in [0.25, 0.3) is 0 Å². The molecule has 7 heteroatoms. The Labute approximate surface area is 128 Å². The van der Waals surface area contributed by atoms with Crippen molar-refractivity contribution in [3.63, 3.8) is 0 Å². The summed E-state index contributed by atoms with van der Waals surface area (Å²) in [7, 11) is 1.61. The molecule has 1 aliphatic rings. The highest BCUT2D eigenvalue weighted by Crippen LogP contribution is 2.19. The molecule has 22 heavy (non-hydrogen) atoms. The van der Waals surface area contributed by atoms with Gasteiger partial charge in [0.15, 0.2) is 6.61 Å². The topological polar surface area (TPSA) is 85.3 Å². The van der Waals surface area contributed by atoms with Gasteiger partial charge in [-0.15, -0.1) is 0 Å². The van der Waals surface area contributed by atoms with Gasteiger partial charge < -0.3 is 24.2 Å². The van der Waals surface area contributed by atoms with Crippen molar-refractivity contribution in [3.8, 4) is 5.75 Å². The zero-order valence-electron chi connectivity index (χ0n) is 12.4. The molecule has 7 nitrogen and oxygen atoms in total. The first-order chi connectivity index (χ1) is 10.6. The predicted molar refractivity (Wildman–Crippen MR) is 77.1 cm³/mol. The summed E-state index contributed by atoms with van der Waals surface area (Å²) in [5.41, 5.74) is 0.471. The molecule has 1 amide bonds. The van der Waals surface area contributed by atoms with Gasteiger partial charge in [-0.1, -0.05) is 6.07 Å². The maximum Gasteiger partial charge on any atom is 0.341 e. The summed E-state index contributed by atoms with van der Waals surface area (Å²) in [5, 5.41) is 8.58. The van der Waals surface area contributed by atoms with E-state index < -0.39 is 12.6 Å². The summed E-state index contributed by atoms with van der Waals surface area (Å²) in [6.07, 6.45) is 0.0468. The summed E-state index contributed by atoms with van der Waals surface area (Å²) in [6, 6.07) is 6.50. The molecule has 1 saturated heterocycles. The Kier molecular flexibility index (Phi) is 5.74. The molecule has 0 aromatic heterocycles. The van der Waals surface area contributed by atoms with E-state index in [9.17, 15) is 9.59 Å². The maximum atomic E-state index is 12.3. The minimum Gasteiger partial charge on any atom is -0.482 e. The van der Waals surface area contributed by atoms with Crippen molar-refractivity contribution in [3.05, 3.63) is 29.8 Å². The number of hydrogen-bond acceptors (Lipinski definition) is 5. The standard InChI is InChI=1S/C15H19NO6/c1-20-5-6-21-13-8-16(9-13)15(19)11-3-2-4-12(7-11)22-10-14(17)18/h2-4,7,13H,5-6,8-10H2,1H3,(H,17,18). The van der Waals surface area contributed by atoms with Gasteiger partial charge in [-0.05, 0) is 18.2 Å². The second-order valence-corrected chi connectivity index (χ2v) is 4.91. The number of amides is 1. The Morgan fingerprint density at radius 1 is 1.32 bits per heavy atom. The number of nitrogens with zero attached hydrogens (tertiary/aromatic N) is 1. The van der Waals surface area contributed by atoms with Crippen LogP contribution in [0.3, 0.4) is 0 Å². The van der Waals surface area contributed by atoms with Crippen molar-refractivity contribution in [1.82, 2.24) is 4.90 Å². The molecule has 1 N–H and O–H groups in total. The number of likely N-dealkylation sites (tertiary alicyclic amines) is 1. The van der Waals surface area contributed by atoms with Crippen LogP contribution in [0.2, 0.25) is 0 Å². The van der Waals surface area contributed by atoms with E-state index in [0.717, 1.165) is 0 Å². The average Bonchev–Trinajstić information content (AvgIpc) is 2.47. The molecule has 0 aliphatic carbocycles. The number of methoxy groups -OCH3 is 1. The van der Waals surface area contributed by atoms with Gasteiger partial charge in [-0.25, -0.2) is 4.79 Å². The van der Waals surface area contributed by atoms with Crippen molar-refractivity contribution in [1.29, 1.82) is 0 Å². The SMILES string of the molecule is COCCOC1CN(C(=O)c2cccc(OCC(=O)O)c2)C1. The van der Waals surface area contributed by atoms with Gasteiger partial charge >= 0.3 is 5.97 Å². The van der Waals surface area contributed by atoms with Crippen LogP contribution in [0.4, 0.5) is 0 Å². The molecule has 1 aliphatic heterocycles. The second-order valence-electron chi connectivity index (χ2n) is 4.91. The number of carbonyl (C=O) groups is 2. The Balaban J connectivity index is 1.83. The second kappa shape index (κ2) is 7.77. The van der Waals surface area contributed by atoms with Gasteiger partial charge in [0.2, 0.25) is 0 Å². The lowest BCUT2D eigenvalue weighted by molar-refractivity contribution is -0.139. The molecule has 1 fully saturated rings. The quantitative estimate of drug-likeness (QED) is 0.709. The number of carboxylic acid groups (broad SMARTS) is 1. The van der Waals surface area contributed by atoms with Crippen molar-refractivity contribution >= 4 is 11.9 Å². The summed E-state index contributed by atoms with van der Waals surface area (Å²) in [5.74, 6) is -0.815. The van der Waals surface area contributed by atoms with Gasteiger partial charge in [0.1, 0.15) is 5.75 Å². The molecule has 120 valence electrons. The van der Waals surface area contributed by atoms with E-state index in [1.807, 2.05) is 0 Å². The zero-order valence-corrected chi connectivity index (χ0v) is 12.4.